The Morgan fingerprint density at radius 1 is 0.960 bits per heavy atom. The highest BCUT2D eigenvalue weighted by Gasteiger charge is 2.44. The molecular weight excluding hydrogens is 318 g/mol. The average Bonchev–Trinajstić information content (AvgIpc) is 2.68. The molecule has 0 unspecified atom stereocenters. The predicted molar refractivity (Wildman–Crippen MR) is 98.5 cm³/mol. The van der Waals surface area contributed by atoms with Crippen LogP contribution >= 0.6 is 0 Å². The molecule has 1 aliphatic rings. The summed E-state index contributed by atoms with van der Waals surface area (Å²) in [6.07, 6.45) is 5.15. The molecule has 0 spiro atoms. The number of carbonyl (C=O) groups is 1. The normalized spacial score (nSPS) is 16.8. The zero-order chi connectivity index (χ0) is 18.1. The lowest BCUT2D eigenvalue weighted by atomic mass is 9.75. The number of hydrogen-bond acceptors (Lipinski definition) is 5. The van der Waals surface area contributed by atoms with Gasteiger partial charge in [0.2, 0.25) is 0 Å². The maximum atomic E-state index is 13.5. The smallest absolute Gasteiger partial charge is 0.183 e. The summed E-state index contributed by atoms with van der Waals surface area (Å²) in [5, 5.41) is 0. The Bertz CT molecular complexity index is 515. The molecule has 1 aromatic carbocycles. The maximum absolute atomic E-state index is 13.5. The van der Waals surface area contributed by atoms with Gasteiger partial charge in [-0.2, -0.15) is 0 Å². The maximum Gasteiger partial charge on any atom is 0.183 e. The highest BCUT2D eigenvalue weighted by molar-refractivity contribution is 6.03. The fourth-order valence-corrected chi connectivity index (χ4v) is 3.78. The first-order valence-corrected chi connectivity index (χ1v) is 9.09. The molecule has 0 radical (unpaired) electrons. The van der Waals surface area contributed by atoms with Gasteiger partial charge in [0, 0.05) is 32.9 Å². The Morgan fingerprint density at radius 2 is 1.52 bits per heavy atom. The first kappa shape index (κ1) is 19.9. The Balaban J connectivity index is 2.30. The van der Waals surface area contributed by atoms with Crippen molar-refractivity contribution >= 4 is 5.78 Å². The number of Topliss-reactive ketones (excluding diaryl/α,β-unsaturated/α-hetero) is 1. The van der Waals surface area contributed by atoms with Crippen molar-refractivity contribution in [3.8, 4) is 5.75 Å². The third-order valence-electron chi connectivity index (χ3n) is 5.19. The molecule has 5 heteroatoms. The molecule has 0 atom stereocenters. The van der Waals surface area contributed by atoms with Crippen LogP contribution in [0.25, 0.3) is 0 Å². The Kier molecular flexibility index (Phi) is 7.88. The van der Waals surface area contributed by atoms with Crippen LogP contribution in [0.1, 0.15) is 42.5 Å². The van der Waals surface area contributed by atoms with E-state index in [-0.39, 0.29) is 5.78 Å². The average molecular weight is 349 g/mol. The second-order valence-electron chi connectivity index (χ2n) is 6.62. The number of nitrogens with zero attached hydrogens (tertiary/aromatic N) is 1. The van der Waals surface area contributed by atoms with Crippen LogP contribution < -0.4 is 4.74 Å². The summed E-state index contributed by atoms with van der Waals surface area (Å²) < 4.78 is 15.8. The van der Waals surface area contributed by atoms with Crippen LogP contribution in [0.2, 0.25) is 0 Å². The van der Waals surface area contributed by atoms with E-state index in [1.807, 2.05) is 24.3 Å². The van der Waals surface area contributed by atoms with E-state index in [9.17, 15) is 4.79 Å². The van der Waals surface area contributed by atoms with E-state index in [4.69, 9.17) is 14.2 Å². The predicted octanol–water partition coefficient (Wildman–Crippen LogP) is 3.18. The van der Waals surface area contributed by atoms with Crippen LogP contribution in [-0.4, -0.2) is 63.9 Å². The summed E-state index contributed by atoms with van der Waals surface area (Å²) in [6, 6.07) is 7.47. The molecule has 25 heavy (non-hydrogen) atoms. The van der Waals surface area contributed by atoms with E-state index in [2.05, 4.69) is 4.90 Å². The van der Waals surface area contributed by atoms with Gasteiger partial charge < -0.3 is 14.2 Å². The van der Waals surface area contributed by atoms with Crippen molar-refractivity contribution in [2.45, 2.75) is 37.6 Å². The summed E-state index contributed by atoms with van der Waals surface area (Å²) in [6.45, 7) is 2.70. The largest absolute Gasteiger partial charge is 0.497 e. The van der Waals surface area contributed by atoms with E-state index < -0.39 is 5.54 Å². The number of benzene rings is 1. The van der Waals surface area contributed by atoms with E-state index in [1.165, 1.54) is 6.42 Å². The number of methoxy groups -OCH3 is 3. The first-order chi connectivity index (χ1) is 12.2. The molecule has 1 fully saturated rings. The van der Waals surface area contributed by atoms with Crippen molar-refractivity contribution in [1.29, 1.82) is 0 Å². The number of ether oxygens (including phenoxy) is 3. The lowest BCUT2D eigenvalue weighted by Crippen LogP contribution is -2.57. The number of rotatable bonds is 10. The Morgan fingerprint density at radius 3 is 2.00 bits per heavy atom. The number of carbonyl (C=O) groups excluding carboxylic acids is 1. The summed E-state index contributed by atoms with van der Waals surface area (Å²) in [7, 11) is 5.04. The minimum absolute atomic E-state index is 0.210. The second kappa shape index (κ2) is 9.90. The van der Waals surface area contributed by atoms with Crippen molar-refractivity contribution in [3.05, 3.63) is 29.8 Å². The fraction of sp³-hybridized carbons (Fsp3) is 0.650. The van der Waals surface area contributed by atoms with Gasteiger partial charge >= 0.3 is 0 Å². The van der Waals surface area contributed by atoms with Gasteiger partial charge in [-0.15, -0.1) is 0 Å². The summed E-state index contributed by atoms with van der Waals surface area (Å²) in [5.74, 6) is 0.979. The highest BCUT2D eigenvalue weighted by atomic mass is 16.5. The zero-order valence-corrected chi connectivity index (χ0v) is 15.8. The molecule has 1 aromatic rings. The topological polar surface area (TPSA) is 48.0 Å². The van der Waals surface area contributed by atoms with Gasteiger partial charge in [0.25, 0.3) is 0 Å². The first-order valence-electron chi connectivity index (χ1n) is 9.09. The minimum atomic E-state index is -0.454. The van der Waals surface area contributed by atoms with Crippen molar-refractivity contribution in [3.63, 3.8) is 0 Å². The van der Waals surface area contributed by atoms with E-state index in [0.717, 1.165) is 50.1 Å². The summed E-state index contributed by atoms with van der Waals surface area (Å²) in [4.78, 5) is 15.8. The monoisotopic (exact) mass is 349 g/mol. The van der Waals surface area contributed by atoms with Crippen LogP contribution in [0.3, 0.4) is 0 Å². The minimum Gasteiger partial charge on any atom is -0.497 e. The van der Waals surface area contributed by atoms with Gasteiger partial charge in [-0.3, -0.25) is 9.69 Å². The Labute approximate surface area is 151 Å². The van der Waals surface area contributed by atoms with Crippen LogP contribution in [0.15, 0.2) is 24.3 Å². The highest BCUT2D eigenvalue weighted by Crippen LogP contribution is 2.37. The molecule has 5 nitrogen and oxygen atoms in total. The van der Waals surface area contributed by atoms with Gasteiger partial charge in [-0.1, -0.05) is 19.3 Å². The van der Waals surface area contributed by atoms with Crippen LogP contribution in [0.4, 0.5) is 0 Å². The molecular formula is C20H31NO4. The molecule has 2 rings (SSSR count). The lowest BCUT2D eigenvalue weighted by Gasteiger charge is -2.45. The lowest BCUT2D eigenvalue weighted by molar-refractivity contribution is 0.0142. The van der Waals surface area contributed by atoms with Crippen molar-refractivity contribution in [2.24, 2.45) is 0 Å². The molecule has 0 bridgehead atoms. The van der Waals surface area contributed by atoms with Crippen molar-refractivity contribution < 1.29 is 19.0 Å². The third kappa shape index (κ3) is 4.81. The molecule has 0 aliphatic heterocycles. The van der Waals surface area contributed by atoms with Gasteiger partial charge in [0.15, 0.2) is 5.78 Å². The molecule has 1 saturated carbocycles. The number of ketones is 1. The standard InChI is InChI=1S/C20H31NO4/c1-23-15-13-21(14-16-24-2)20(11-5-4-6-12-20)19(22)17-7-9-18(25-3)10-8-17/h7-10H,4-6,11-16H2,1-3H3. The quantitative estimate of drug-likeness (QED) is 0.607. The molecule has 140 valence electrons. The molecule has 0 heterocycles. The van der Waals surface area contributed by atoms with Crippen molar-refractivity contribution in [2.75, 3.05) is 47.6 Å². The summed E-state index contributed by atoms with van der Waals surface area (Å²) >= 11 is 0. The van der Waals surface area contributed by atoms with E-state index in [1.54, 1.807) is 21.3 Å². The van der Waals surface area contributed by atoms with Gasteiger partial charge in [0.1, 0.15) is 5.75 Å². The number of hydrogen-bond donors (Lipinski definition) is 0. The molecule has 0 N–H and O–H groups in total. The molecule has 1 aliphatic carbocycles. The van der Waals surface area contributed by atoms with E-state index >= 15 is 0 Å². The van der Waals surface area contributed by atoms with Crippen LogP contribution in [0.5, 0.6) is 5.75 Å². The van der Waals surface area contributed by atoms with Gasteiger partial charge in [-0.25, -0.2) is 0 Å². The second-order valence-corrected chi connectivity index (χ2v) is 6.62. The fourth-order valence-electron chi connectivity index (χ4n) is 3.78. The third-order valence-corrected chi connectivity index (χ3v) is 5.19. The van der Waals surface area contributed by atoms with E-state index in [0.29, 0.717) is 13.2 Å². The van der Waals surface area contributed by atoms with Gasteiger partial charge in [0.05, 0.1) is 25.9 Å². The Hall–Kier alpha value is -1.43. The molecule has 0 amide bonds. The van der Waals surface area contributed by atoms with Crippen LogP contribution in [0, 0.1) is 0 Å². The molecule has 0 aromatic heterocycles. The van der Waals surface area contributed by atoms with Crippen LogP contribution in [-0.2, 0) is 9.47 Å². The van der Waals surface area contributed by atoms with Gasteiger partial charge in [-0.05, 0) is 37.1 Å². The summed E-state index contributed by atoms with van der Waals surface area (Å²) in [5.41, 5.74) is 0.298. The van der Waals surface area contributed by atoms with Crippen molar-refractivity contribution in [1.82, 2.24) is 4.90 Å². The SMILES string of the molecule is COCCN(CCOC)C1(C(=O)c2ccc(OC)cc2)CCCCC1. The molecule has 0 saturated heterocycles. The zero-order valence-electron chi connectivity index (χ0n) is 15.8.